The van der Waals surface area contributed by atoms with Crippen LogP contribution in [0.4, 0.5) is 0 Å². The second-order valence-electron chi connectivity index (χ2n) is 4.76. The second-order valence-corrected chi connectivity index (χ2v) is 5.74. The van der Waals surface area contributed by atoms with Gasteiger partial charge in [0.15, 0.2) is 0 Å². The molecule has 0 fully saturated rings. The van der Waals surface area contributed by atoms with Crippen molar-refractivity contribution in [2.75, 3.05) is 6.54 Å². The number of para-hydroxylation sites is 1. The minimum atomic E-state index is 0.191. The van der Waals surface area contributed by atoms with Gasteiger partial charge in [-0.2, -0.15) is 5.10 Å². The molecule has 0 aliphatic carbocycles. The van der Waals surface area contributed by atoms with E-state index < -0.39 is 0 Å². The van der Waals surface area contributed by atoms with E-state index >= 15 is 0 Å². The average Bonchev–Trinajstić information content (AvgIpc) is 3.11. The quantitative estimate of drug-likeness (QED) is 0.798. The Labute approximate surface area is 122 Å². The molecule has 0 saturated heterocycles. The normalized spacial score (nSPS) is 12.5. The number of nitrogens with two attached hydrogens (primary N) is 1. The topological polar surface area (TPSA) is 43.8 Å². The monoisotopic (exact) mass is 283 g/mol. The van der Waals surface area contributed by atoms with E-state index in [4.69, 9.17) is 5.73 Å². The van der Waals surface area contributed by atoms with Crippen LogP contribution in [0.2, 0.25) is 0 Å². The third-order valence-electron chi connectivity index (χ3n) is 3.34. The first kappa shape index (κ1) is 13.1. The Hall–Kier alpha value is -1.91. The SMILES string of the molecule is Cc1cc(C(CN)c2cccs2)n(-c2ccccc2)n1. The molecule has 0 aliphatic rings. The molecule has 1 atom stereocenters. The van der Waals surface area contributed by atoms with Crippen LogP contribution >= 0.6 is 11.3 Å². The summed E-state index contributed by atoms with van der Waals surface area (Å²) in [6, 6.07) is 16.5. The molecule has 2 N–H and O–H groups in total. The Bertz CT molecular complexity index is 671. The van der Waals surface area contributed by atoms with E-state index in [9.17, 15) is 0 Å². The van der Waals surface area contributed by atoms with Crippen LogP contribution in [0.1, 0.15) is 22.2 Å². The van der Waals surface area contributed by atoms with Gasteiger partial charge in [-0.3, -0.25) is 0 Å². The smallest absolute Gasteiger partial charge is 0.0649 e. The fourth-order valence-corrected chi connectivity index (χ4v) is 3.27. The van der Waals surface area contributed by atoms with Crippen LogP contribution in [-0.4, -0.2) is 16.3 Å². The van der Waals surface area contributed by atoms with Gasteiger partial charge in [-0.15, -0.1) is 11.3 Å². The summed E-state index contributed by atoms with van der Waals surface area (Å²) in [6.45, 7) is 2.60. The largest absolute Gasteiger partial charge is 0.329 e. The number of rotatable bonds is 4. The Morgan fingerprint density at radius 1 is 1.20 bits per heavy atom. The van der Waals surface area contributed by atoms with E-state index in [1.807, 2.05) is 29.8 Å². The van der Waals surface area contributed by atoms with Crippen molar-refractivity contribution in [2.45, 2.75) is 12.8 Å². The van der Waals surface area contributed by atoms with Gasteiger partial charge >= 0.3 is 0 Å². The van der Waals surface area contributed by atoms with Gasteiger partial charge in [0.25, 0.3) is 0 Å². The highest BCUT2D eigenvalue weighted by atomic mass is 32.1. The number of aromatic nitrogens is 2. The molecule has 3 nitrogen and oxygen atoms in total. The van der Waals surface area contributed by atoms with Crippen molar-refractivity contribution in [3.8, 4) is 5.69 Å². The van der Waals surface area contributed by atoms with Crippen LogP contribution in [0, 0.1) is 6.92 Å². The molecule has 2 aromatic heterocycles. The number of aryl methyl sites for hydroxylation is 1. The molecule has 0 saturated carbocycles. The van der Waals surface area contributed by atoms with E-state index in [2.05, 4.69) is 40.8 Å². The van der Waals surface area contributed by atoms with Crippen molar-refractivity contribution in [1.29, 1.82) is 0 Å². The minimum Gasteiger partial charge on any atom is -0.329 e. The summed E-state index contributed by atoms with van der Waals surface area (Å²) in [5.41, 5.74) is 9.26. The van der Waals surface area contributed by atoms with Gasteiger partial charge in [-0.1, -0.05) is 24.3 Å². The summed E-state index contributed by atoms with van der Waals surface area (Å²) in [5, 5.41) is 6.72. The van der Waals surface area contributed by atoms with Crippen LogP contribution in [0.3, 0.4) is 0 Å². The fraction of sp³-hybridized carbons (Fsp3) is 0.188. The lowest BCUT2D eigenvalue weighted by Gasteiger charge is -2.15. The van der Waals surface area contributed by atoms with E-state index in [-0.39, 0.29) is 5.92 Å². The summed E-state index contributed by atoms with van der Waals surface area (Å²) in [6.07, 6.45) is 0. The summed E-state index contributed by atoms with van der Waals surface area (Å²) >= 11 is 1.74. The van der Waals surface area contributed by atoms with Gasteiger partial charge in [-0.05, 0) is 36.6 Å². The fourth-order valence-electron chi connectivity index (χ4n) is 2.42. The highest BCUT2D eigenvalue weighted by molar-refractivity contribution is 7.10. The van der Waals surface area contributed by atoms with E-state index in [1.54, 1.807) is 11.3 Å². The second kappa shape index (κ2) is 5.61. The van der Waals surface area contributed by atoms with Gasteiger partial charge in [0.05, 0.1) is 17.1 Å². The Morgan fingerprint density at radius 2 is 2.00 bits per heavy atom. The zero-order valence-corrected chi connectivity index (χ0v) is 12.2. The van der Waals surface area contributed by atoms with Crippen molar-refractivity contribution in [2.24, 2.45) is 5.73 Å². The first-order chi connectivity index (χ1) is 9.79. The molecule has 20 heavy (non-hydrogen) atoms. The van der Waals surface area contributed by atoms with Crippen molar-refractivity contribution >= 4 is 11.3 Å². The van der Waals surface area contributed by atoms with Gasteiger partial charge < -0.3 is 5.73 Å². The number of benzene rings is 1. The molecule has 3 aromatic rings. The molecular formula is C16H17N3S. The van der Waals surface area contributed by atoms with Gasteiger partial charge in [-0.25, -0.2) is 4.68 Å². The molecule has 0 amide bonds. The predicted molar refractivity (Wildman–Crippen MR) is 83.5 cm³/mol. The predicted octanol–water partition coefficient (Wildman–Crippen LogP) is 3.33. The summed E-state index contributed by atoms with van der Waals surface area (Å²) in [4.78, 5) is 1.28. The van der Waals surface area contributed by atoms with Gasteiger partial charge in [0, 0.05) is 17.3 Å². The number of nitrogens with zero attached hydrogens (tertiary/aromatic N) is 2. The lowest BCUT2D eigenvalue weighted by atomic mass is 10.0. The Morgan fingerprint density at radius 3 is 2.65 bits per heavy atom. The maximum absolute atomic E-state index is 6.02. The molecule has 3 rings (SSSR count). The van der Waals surface area contributed by atoms with Crippen molar-refractivity contribution in [1.82, 2.24) is 9.78 Å². The number of hydrogen-bond acceptors (Lipinski definition) is 3. The van der Waals surface area contributed by atoms with Crippen LogP contribution in [0.5, 0.6) is 0 Å². The number of hydrogen-bond donors (Lipinski definition) is 1. The maximum Gasteiger partial charge on any atom is 0.0649 e. The molecule has 0 radical (unpaired) electrons. The van der Waals surface area contributed by atoms with Crippen LogP contribution in [-0.2, 0) is 0 Å². The van der Waals surface area contributed by atoms with E-state index in [1.165, 1.54) is 4.88 Å². The van der Waals surface area contributed by atoms with Crippen LogP contribution < -0.4 is 5.73 Å². The summed E-state index contributed by atoms with van der Waals surface area (Å²) in [5.74, 6) is 0.191. The molecule has 0 bridgehead atoms. The molecule has 2 heterocycles. The molecule has 1 aromatic carbocycles. The Kier molecular flexibility index (Phi) is 3.67. The zero-order chi connectivity index (χ0) is 13.9. The summed E-state index contributed by atoms with van der Waals surface area (Å²) < 4.78 is 2.01. The molecule has 4 heteroatoms. The first-order valence-electron chi connectivity index (χ1n) is 6.65. The third-order valence-corrected chi connectivity index (χ3v) is 4.33. The molecule has 1 unspecified atom stereocenters. The third kappa shape index (κ3) is 2.40. The lowest BCUT2D eigenvalue weighted by molar-refractivity contribution is 0.726. The highest BCUT2D eigenvalue weighted by Gasteiger charge is 2.19. The zero-order valence-electron chi connectivity index (χ0n) is 11.4. The van der Waals surface area contributed by atoms with E-state index in [0.29, 0.717) is 6.54 Å². The molecule has 0 spiro atoms. The molecule has 0 aliphatic heterocycles. The van der Waals surface area contributed by atoms with Crippen LogP contribution in [0.25, 0.3) is 5.69 Å². The van der Waals surface area contributed by atoms with Gasteiger partial charge in [0.1, 0.15) is 0 Å². The van der Waals surface area contributed by atoms with Crippen molar-refractivity contribution in [3.63, 3.8) is 0 Å². The average molecular weight is 283 g/mol. The maximum atomic E-state index is 6.02. The van der Waals surface area contributed by atoms with Crippen molar-refractivity contribution < 1.29 is 0 Å². The minimum absolute atomic E-state index is 0.191. The van der Waals surface area contributed by atoms with Crippen LogP contribution in [0.15, 0.2) is 53.9 Å². The Balaban J connectivity index is 2.10. The van der Waals surface area contributed by atoms with E-state index in [0.717, 1.165) is 17.1 Å². The first-order valence-corrected chi connectivity index (χ1v) is 7.53. The highest BCUT2D eigenvalue weighted by Crippen LogP contribution is 2.29. The number of thiophene rings is 1. The molecular weight excluding hydrogens is 266 g/mol. The summed E-state index contributed by atoms with van der Waals surface area (Å²) in [7, 11) is 0. The van der Waals surface area contributed by atoms with Gasteiger partial charge in [0.2, 0.25) is 0 Å². The standard InChI is InChI=1S/C16H17N3S/c1-12-10-15(14(11-17)16-8-5-9-20-16)19(18-12)13-6-3-2-4-7-13/h2-10,14H,11,17H2,1H3. The lowest BCUT2D eigenvalue weighted by Crippen LogP contribution is -2.16. The van der Waals surface area contributed by atoms with Crippen molar-refractivity contribution in [3.05, 3.63) is 70.2 Å². The molecule has 102 valence electrons.